The van der Waals surface area contributed by atoms with Crippen molar-refractivity contribution >= 4 is 16.8 Å². The van der Waals surface area contributed by atoms with E-state index in [-0.39, 0.29) is 12.5 Å². The molecule has 0 aliphatic heterocycles. The van der Waals surface area contributed by atoms with E-state index in [0.717, 1.165) is 51.6 Å². The highest BCUT2D eigenvalue weighted by atomic mass is 19.1. The zero-order valence-electron chi connectivity index (χ0n) is 24.0. The van der Waals surface area contributed by atoms with Crippen LogP contribution in [-0.2, 0) is 19.3 Å². The van der Waals surface area contributed by atoms with Crippen LogP contribution in [0.15, 0.2) is 91.6 Å². The Kier molecular flexibility index (Phi) is 7.99. The fourth-order valence-electron chi connectivity index (χ4n) is 5.93. The van der Waals surface area contributed by atoms with Crippen LogP contribution in [0.3, 0.4) is 0 Å². The van der Waals surface area contributed by atoms with Crippen LogP contribution in [0.4, 0.5) is 4.39 Å². The van der Waals surface area contributed by atoms with Gasteiger partial charge < -0.3 is 24.9 Å². The summed E-state index contributed by atoms with van der Waals surface area (Å²) in [7, 11) is 1.59. The van der Waals surface area contributed by atoms with Crippen LogP contribution in [0.2, 0.25) is 0 Å². The predicted molar refractivity (Wildman–Crippen MR) is 167 cm³/mol. The van der Waals surface area contributed by atoms with Crippen molar-refractivity contribution in [1.29, 1.82) is 0 Å². The summed E-state index contributed by atoms with van der Waals surface area (Å²) in [6, 6.07) is 21.5. The third-order valence-corrected chi connectivity index (χ3v) is 8.05. The zero-order valence-corrected chi connectivity index (χ0v) is 24.0. The molecule has 5 aromatic rings. The SMILES string of the molecule is C=CCOc1cc2c(cc1OC)-c1cc(C(=O)N[C@@H](CO)Cc3c[nH]c4ccccc34)c(-c3ccccc3F)cc1CC2. The number of methoxy groups -OCH3 is 1. The molecule has 0 spiro atoms. The molecule has 43 heavy (non-hydrogen) atoms. The number of hydrogen-bond donors (Lipinski definition) is 3. The number of ether oxygens (including phenoxy) is 2. The first-order valence-corrected chi connectivity index (χ1v) is 14.3. The van der Waals surface area contributed by atoms with Gasteiger partial charge in [0.15, 0.2) is 11.5 Å². The summed E-state index contributed by atoms with van der Waals surface area (Å²) in [5.74, 6) is 0.422. The monoisotopic (exact) mass is 576 g/mol. The van der Waals surface area contributed by atoms with E-state index in [1.54, 1.807) is 31.4 Å². The highest BCUT2D eigenvalue weighted by Gasteiger charge is 2.26. The molecule has 6 rings (SSSR count). The number of halogens is 1. The molecule has 4 aromatic carbocycles. The number of carbonyl (C=O) groups excluding carboxylic acids is 1. The van der Waals surface area contributed by atoms with Crippen LogP contribution in [0, 0.1) is 5.82 Å². The minimum Gasteiger partial charge on any atom is -0.493 e. The van der Waals surface area contributed by atoms with E-state index >= 15 is 4.39 Å². The first-order chi connectivity index (χ1) is 21.0. The highest BCUT2D eigenvalue weighted by Crippen LogP contribution is 2.43. The van der Waals surface area contributed by atoms with Crippen molar-refractivity contribution in [2.24, 2.45) is 0 Å². The Labute approximate surface area is 249 Å². The summed E-state index contributed by atoms with van der Waals surface area (Å²) in [4.78, 5) is 17.2. The van der Waals surface area contributed by atoms with Crippen molar-refractivity contribution in [2.75, 3.05) is 20.3 Å². The molecule has 0 saturated carbocycles. The summed E-state index contributed by atoms with van der Waals surface area (Å²) >= 11 is 0. The maximum atomic E-state index is 15.2. The van der Waals surface area contributed by atoms with Crippen LogP contribution >= 0.6 is 0 Å². The van der Waals surface area contributed by atoms with E-state index in [1.165, 1.54) is 6.07 Å². The van der Waals surface area contributed by atoms with Gasteiger partial charge >= 0.3 is 0 Å². The summed E-state index contributed by atoms with van der Waals surface area (Å²) in [6.45, 7) is 3.83. The van der Waals surface area contributed by atoms with Crippen LogP contribution < -0.4 is 14.8 Å². The standard InChI is InChI=1S/C36H33FN2O4/c1-3-14-43-35-17-23-13-12-22-16-30(27-9-4-6-10-32(27)37)31(18-28(22)29(23)19-34(35)42-2)36(41)39-25(21-40)15-24-20-38-33-11-7-5-8-26(24)33/h3-11,16-20,25,38,40H,1,12-15,21H2,2H3,(H,39,41)/t25-/m1/s1. The van der Waals surface area contributed by atoms with Crippen molar-refractivity contribution in [3.63, 3.8) is 0 Å². The van der Waals surface area contributed by atoms with Gasteiger partial charge in [0.2, 0.25) is 0 Å². The Morgan fingerprint density at radius 1 is 1.00 bits per heavy atom. The number of aromatic amines is 1. The van der Waals surface area contributed by atoms with Crippen LogP contribution in [0.1, 0.15) is 27.0 Å². The molecule has 6 nitrogen and oxygen atoms in total. The molecular weight excluding hydrogens is 543 g/mol. The van der Waals surface area contributed by atoms with Gasteiger partial charge in [-0.2, -0.15) is 0 Å². The molecule has 1 aliphatic rings. The van der Waals surface area contributed by atoms with Crippen molar-refractivity contribution in [1.82, 2.24) is 10.3 Å². The van der Waals surface area contributed by atoms with E-state index in [4.69, 9.17) is 9.47 Å². The largest absolute Gasteiger partial charge is 0.493 e. The molecule has 7 heteroatoms. The van der Waals surface area contributed by atoms with Gasteiger partial charge in [-0.1, -0.05) is 49.1 Å². The molecule has 0 unspecified atom stereocenters. The molecule has 0 saturated heterocycles. The van der Waals surface area contributed by atoms with E-state index in [9.17, 15) is 9.90 Å². The third-order valence-electron chi connectivity index (χ3n) is 8.05. The maximum Gasteiger partial charge on any atom is 0.252 e. The van der Waals surface area contributed by atoms with Crippen molar-refractivity contribution < 1.29 is 23.8 Å². The molecule has 1 heterocycles. The van der Waals surface area contributed by atoms with Crippen LogP contribution in [0.25, 0.3) is 33.2 Å². The number of H-pyrrole nitrogens is 1. The summed E-state index contributed by atoms with van der Waals surface area (Å²) in [5.41, 5.74) is 7.09. The molecule has 1 amide bonds. The van der Waals surface area contributed by atoms with E-state index in [2.05, 4.69) is 16.9 Å². The van der Waals surface area contributed by atoms with E-state index in [0.29, 0.717) is 41.2 Å². The van der Waals surface area contributed by atoms with Crippen molar-refractivity contribution in [3.8, 4) is 33.8 Å². The van der Waals surface area contributed by atoms with Gasteiger partial charge in [-0.05, 0) is 89.0 Å². The number of fused-ring (bicyclic) bond motifs is 4. The third kappa shape index (κ3) is 5.51. The number of aliphatic hydroxyl groups is 1. The quantitative estimate of drug-likeness (QED) is 0.163. The molecule has 218 valence electrons. The lowest BCUT2D eigenvalue weighted by molar-refractivity contribution is 0.0917. The average Bonchev–Trinajstić information content (AvgIpc) is 3.45. The molecule has 3 N–H and O–H groups in total. The molecule has 1 aromatic heterocycles. The predicted octanol–water partition coefficient (Wildman–Crippen LogP) is 6.65. The van der Waals surface area contributed by atoms with Gasteiger partial charge in [-0.3, -0.25) is 4.79 Å². The van der Waals surface area contributed by atoms with E-state index < -0.39 is 11.9 Å². The number of nitrogens with one attached hydrogen (secondary N) is 2. The fourth-order valence-corrected chi connectivity index (χ4v) is 5.93. The number of rotatable bonds is 10. The number of aryl methyl sites for hydroxylation is 2. The second kappa shape index (κ2) is 12.2. The summed E-state index contributed by atoms with van der Waals surface area (Å²) < 4.78 is 26.6. The van der Waals surface area contributed by atoms with Gasteiger partial charge in [-0.25, -0.2) is 4.39 Å². The number of aliphatic hydroxyl groups excluding tert-OH is 1. The van der Waals surface area contributed by atoms with Crippen molar-refractivity contribution in [2.45, 2.75) is 25.3 Å². The average molecular weight is 577 g/mol. The normalized spacial score (nSPS) is 12.7. The Hall–Kier alpha value is -4.88. The smallest absolute Gasteiger partial charge is 0.252 e. The molecule has 0 fully saturated rings. The van der Waals surface area contributed by atoms with Gasteiger partial charge in [0.25, 0.3) is 5.91 Å². The maximum absolute atomic E-state index is 15.2. The number of aromatic nitrogens is 1. The zero-order chi connectivity index (χ0) is 29.9. The number of hydrogen-bond acceptors (Lipinski definition) is 4. The Morgan fingerprint density at radius 2 is 1.74 bits per heavy atom. The Morgan fingerprint density at radius 3 is 2.51 bits per heavy atom. The van der Waals surface area contributed by atoms with Gasteiger partial charge in [-0.15, -0.1) is 0 Å². The number of amides is 1. The fraction of sp³-hybridized carbons (Fsp3) is 0.194. The second-order valence-corrected chi connectivity index (χ2v) is 10.7. The molecule has 0 bridgehead atoms. The lowest BCUT2D eigenvalue weighted by Gasteiger charge is -2.25. The molecule has 0 radical (unpaired) electrons. The number of benzene rings is 4. The first kappa shape index (κ1) is 28.2. The Balaban J connectivity index is 1.41. The van der Waals surface area contributed by atoms with Crippen molar-refractivity contribution in [3.05, 3.63) is 120 Å². The number of para-hydroxylation sites is 1. The highest BCUT2D eigenvalue weighted by molar-refractivity contribution is 6.03. The first-order valence-electron chi connectivity index (χ1n) is 14.3. The lowest BCUT2D eigenvalue weighted by atomic mass is 9.82. The van der Waals surface area contributed by atoms with Gasteiger partial charge in [0, 0.05) is 28.2 Å². The lowest BCUT2D eigenvalue weighted by Crippen LogP contribution is -2.39. The molecule has 1 aliphatic carbocycles. The van der Waals surface area contributed by atoms with E-state index in [1.807, 2.05) is 54.7 Å². The van der Waals surface area contributed by atoms with Crippen LogP contribution in [-0.4, -0.2) is 42.4 Å². The minimum atomic E-state index is -0.548. The topological polar surface area (TPSA) is 83.6 Å². The molecular formula is C36H33FN2O4. The van der Waals surface area contributed by atoms with Crippen LogP contribution in [0.5, 0.6) is 11.5 Å². The van der Waals surface area contributed by atoms with Gasteiger partial charge in [0.1, 0.15) is 12.4 Å². The second-order valence-electron chi connectivity index (χ2n) is 10.7. The molecule has 1 atom stereocenters. The summed E-state index contributed by atoms with van der Waals surface area (Å²) in [5, 5.41) is 14.3. The number of carbonyl (C=O) groups is 1. The minimum absolute atomic E-state index is 0.251. The Bertz CT molecular complexity index is 1830. The summed E-state index contributed by atoms with van der Waals surface area (Å²) in [6.07, 6.45) is 5.50. The van der Waals surface area contributed by atoms with Gasteiger partial charge in [0.05, 0.1) is 19.8 Å².